The zero-order valence-corrected chi connectivity index (χ0v) is 13.3. The molecule has 20 heavy (non-hydrogen) atoms. The summed E-state index contributed by atoms with van der Waals surface area (Å²) in [6, 6.07) is 6.13. The van der Waals surface area contributed by atoms with Gasteiger partial charge in [-0.1, -0.05) is 12.1 Å². The molecule has 0 aliphatic carbocycles. The first kappa shape index (κ1) is 16.5. The number of hydrogen-bond donors (Lipinski definition) is 0. The Morgan fingerprint density at radius 1 is 1.25 bits per heavy atom. The molecule has 0 saturated heterocycles. The van der Waals surface area contributed by atoms with Crippen LogP contribution in [-0.4, -0.2) is 49.5 Å². The average molecular weight is 278 g/mol. The van der Waals surface area contributed by atoms with Gasteiger partial charge < -0.3 is 9.64 Å². The molecule has 0 saturated carbocycles. The van der Waals surface area contributed by atoms with Crippen molar-refractivity contribution in [3.63, 3.8) is 0 Å². The van der Waals surface area contributed by atoms with Gasteiger partial charge in [-0.3, -0.25) is 9.69 Å². The van der Waals surface area contributed by atoms with E-state index in [1.165, 1.54) is 5.56 Å². The summed E-state index contributed by atoms with van der Waals surface area (Å²) in [6.45, 7) is 8.80. The van der Waals surface area contributed by atoms with Crippen LogP contribution < -0.4 is 4.74 Å². The predicted molar refractivity (Wildman–Crippen MR) is 82.0 cm³/mol. The summed E-state index contributed by atoms with van der Waals surface area (Å²) in [4.78, 5) is 15.9. The third-order valence-electron chi connectivity index (χ3n) is 3.43. The molecule has 0 aliphatic rings. The summed E-state index contributed by atoms with van der Waals surface area (Å²) in [5, 5.41) is 0. The molecular formula is C16H26N2O2. The topological polar surface area (TPSA) is 32.8 Å². The number of methoxy groups -OCH3 is 1. The van der Waals surface area contributed by atoms with Gasteiger partial charge in [0.1, 0.15) is 5.75 Å². The fourth-order valence-electron chi connectivity index (χ4n) is 2.31. The van der Waals surface area contributed by atoms with Crippen LogP contribution in [0.3, 0.4) is 0 Å². The van der Waals surface area contributed by atoms with Crippen molar-refractivity contribution in [2.45, 2.75) is 27.3 Å². The van der Waals surface area contributed by atoms with Crippen molar-refractivity contribution >= 4 is 5.91 Å². The highest BCUT2D eigenvalue weighted by Crippen LogP contribution is 2.19. The summed E-state index contributed by atoms with van der Waals surface area (Å²) >= 11 is 0. The van der Waals surface area contributed by atoms with Crippen LogP contribution >= 0.6 is 0 Å². The van der Waals surface area contributed by atoms with Crippen LogP contribution in [0, 0.1) is 6.92 Å². The van der Waals surface area contributed by atoms with Crippen LogP contribution in [0.15, 0.2) is 18.2 Å². The van der Waals surface area contributed by atoms with Crippen molar-refractivity contribution in [1.29, 1.82) is 0 Å². The van der Waals surface area contributed by atoms with Crippen LogP contribution in [-0.2, 0) is 11.3 Å². The third kappa shape index (κ3) is 4.53. The molecule has 1 aromatic rings. The van der Waals surface area contributed by atoms with E-state index in [4.69, 9.17) is 4.74 Å². The van der Waals surface area contributed by atoms with E-state index in [0.29, 0.717) is 6.54 Å². The van der Waals surface area contributed by atoms with Gasteiger partial charge in [-0.05, 0) is 45.0 Å². The van der Waals surface area contributed by atoms with E-state index in [9.17, 15) is 4.79 Å². The summed E-state index contributed by atoms with van der Waals surface area (Å²) in [6.07, 6.45) is 0. The predicted octanol–water partition coefficient (Wildman–Crippen LogP) is 2.30. The van der Waals surface area contributed by atoms with Crippen molar-refractivity contribution in [2.75, 3.05) is 33.8 Å². The van der Waals surface area contributed by atoms with Crippen LogP contribution in [0.4, 0.5) is 0 Å². The van der Waals surface area contributed by atoms with Gasteiger partial charge >= 0.3 is 0 Å². The van der Waals surface area contributed by atoms with Gasteiger partial charge in [0, 0.05) is 19.6 Å². The van der Waals surface area contributed by atoms with Crippen molar-refractivity contribution in [1.82, 2.24) is 9.80 Å². The summed E-state index contributed by atoms with van der Waals surface area (Å²) in [5.74, 6) is 1.08. The first-order chi connectivity index (χ1) is 9.51. The number of carbonyl (C=O) groups excluding carboxylic acids is 1. The Bertz CT molecular complexity index is 442. The lowest BCUT2D eigenvalue weighted by Gasteiger charge is -2.23. The number of carbonyl (C=O) groups is 1. The number of benzene rings is 1. The lowest BCUT2D eigenvalue weighted by Crippen LogP contribution is -2.38. The zero-order chi connectivity index (χ0) is 15.1. The first-order valence-electron chi connectivity index (χ1n) is 7.11. The Morgan fingerprint density at radius 2 is 1.90 bits per heavy atom. The number of amides is 1. The lowest BCUT2D eigenvalue weighted by molar-refractivity contribution is -0.131. The molecule has 0 spiro atoms. The van der Waals surface area contributed by atoms with Gasteiger partial charge in [0.2, 0.25) is 5.91 Å². The minimum absolute atomic E-state index is 0.183. The maximum absolute atomic E-state index is 12.0. The Balaban J connectivity index is 2.60. The molecule has 112 valence electrons. The maximum Gasteiger partial charge on any atom is 0.236 e. The Kier molecular flexibility index (Phi) is 6.52. The number of likely N-dealkylation sites (N-methyl/N-ethyl adjacent to an activating group) is 2. The number of hydrogen-bond acceptors (Lipinski definition) is 3. The van der Waals surface area contributed by atoms with Crippen LogP contribution in [0.25, 0.3) is 0 Å². The van der Waals surface area contributed by atoms with Gasteiger partial charge in [-0.25, -0.2) is 0 Å². The standard InChI is InChI=1S/C16H26N2O2/c1-6-18(7-2)16(19)12-17(4)11-14-8-9-15(20-5)13(3)10-14/h8-10H,6-7,11-12H2,1-5H3. The van der Waals surface area contributed by atoms with Crippen LogP contribution in [0.2, 0.25) is 0 Å². The van der Waals surface area contributed by atoms with Gasteiger partial charge in [0.15, 0.2) is 0 Å². The van der Waals surface area contributed by atoms with E-state index < -0.39 is 0 Å². The van der Waals surface area contributed by atoms with E-state index in [2.05, 4.69) is 6.07 Å². The lowest BCUT2D eigenvalue weighted by atomic mass is 10.1. The third-order valence-corrected chi connectivity index (χ3v) is 3.43. The quantitative estimate of drug-likeness (QED) is 0.767. The molecule has 4 heteroatoms. The van der Waals surface area contributed by atoms with Crippen molar-refractivity contribution in [3.8, 4) is 5.75 Å². The number of rotatable bonds is 7. The molecule has 0 bridgehead atoms. The molecule has 0 aliphatic heterocycles. The highest BCUT2D eigenvalue weighted by molar-refractivity contribution is 5.78. The van der Waals surface area contributed by atoms with E-state index >= 15 is 0 Å². The highest BCUT2D eigenvalue weighted by Gasteiger charge is 2.12. The van der Waals surface area contributed by atoms with Crippen LogP contribution in [0.1, 0.15) is 25.0 Å². The largest absolute Gasteiger partial charge is 0.496 e. The summed E-state index contributed by atoms with van der Waals surface area (Å²) in [5.41, 5.74) is 2.31. The number of nitrogens with zero attached hydrogens (tertiary/aromatic N) is 2. The Hall–Kier alpha value is -1.55. The number of ether oxygens (including phenoxy) is 1. The molecular weight excluding hydrogens is 252 g/mol. The van der Waals surface area contributed by atoms with E-state index in [-0.39, 0.29) is 5.91 Å². The summed E-state index contributed by atoms with van der Waals surface area (Å²) in [7, 11) is 3.65. The van der Waals surface area contributed by atoms with Crippen molar-refractivity contribution in [2.24, 2.45) is 0 Å². The second-order valence-electron chi connectivity index (χ2n) is 5.04. The molecule has 4 nitrogen and oxygen atoms in total. The molecule has 1 rings (SSSR count). The fraction of sp³-hybridized carbons (Fsp3) is 0.562. The van der Waals surface area contributed by atoms with E-state index in [1.807, 2.05) is 49.8 Å². The van der Waals surface area contributed by atoms with E-state index in [1.54, 1.807) is 7.11 Å². The molecule has 0 N–H and O–H groups in total. The van der Waals surface area contributed by atoms with Gasteiger partial charge in [-0.15, -0.1) is 0 Å². The minimum atomic E-state index is 0.183. The monoisotopic (exact) mass is 278 g/mol. The maximum atomic E-state index is 12.0. The zero-order valence-electron chi connectivity index (χ0n) is 13.3. The SMILES string of the molecule is CCN(CC)C(=O)CN(C)Cc1ccc(OC)c(C)c1. The minimum Gasteiger partial charge on any atom is -0.496 e. The second-order valence-corrected chi connectivity index (χ2v) is 5.04. The highest BCUT2D eigenvalue weighted by atomic mass is 16.5. The van der Waals surface area contributed by atoms with Crippen LogP contribution in [0.5, 0.6) is 5.75 Å². The van der Waals surface area contributed by atoms with E-state index in [0.717, 1.165) is 30.9 Å². The molecule has 0 fully saturated rings. The fourth-order valence-corrected chi connectivity index (χ4v) is 2.31. The smallest absolute Gasteiger partial charge is 0.236 e. The summed E-state index contributed by atoms with van der Waals surface area (Å²) < 4.78 is 5.26. The first-order valence-corrected chi connectivity index (χ1v) is 7.11. The molecule has 0 aromatic heterocycles. The van der Waals surface area contributed by atoms with Crippen molar-refractivity contribution in [3.05, 3.63) is 29.3 Å². The molecule has 0 atom stereocenters. The van der Waals surface area contributed by atoms with Crippen molar-refractivity contribution < 1.29 is 9.53 Å². The Morgan fingerprint density at radius 3 is 2.40 bits per heavy atom. The molecule has 0 unspecified atom stereocenters. The average Bonchev–Trinajstić information content (AvgIpc) is 2.40. The molecule has 0 radical (unpaired) electrons. The van der Waals surface area contributed by atoms with Gasteiger partial charge in [-0.2, -0.15) is 0 Å². The normalized spacial score (nSPS) is 10.7. The number of aryl methyl sites for hydroxylation is 1. The molecule has 0 heterocycles. The molecule has 1 aromatic carbocycles. The van der Waals surface area contributed by atoms with Gasteiger partial charge in [0.25, 0.3) is 0 Å². The second kappa shape index (κ2) is 7.90. The Labute approximate surface area is 122 Å². The molecule has 1 amide bonds. The van der Waals surface area contributed by atoms with Gasteiger partial charge in [0.05, 0.1) is 13.7 Å².